The molecule has 2 rings (SSSR count). The molecule has 1 aliphatic rings. The number of oxazole rings is 1. The fraction of sp³-hybridized carbons (Fsp3) is 0.727. The highest BCUT2D eigenvalue weighted by molar-refractivity contribution is 5.11. The lowest BCUT2D eigenvalue weighted by atomic mass is 10.1. The number of nitrogens with one attached hydrogen (secondary N) is 1. The molecule has 84 valence electrons. The Balaban J connectivity index is 2.04. The summed E-state index contributed by atoms with van der Waals surface area (Å²) in [5, 5.41) is 3.25. The van der Waals surface area contributed by atoms with E-state index >= 15 is 0 Å². The number of rotatable bonds is 4. The van der Waals surface area contributed by atoms with E-state index in [2.05, 4.69) is 24.1 Å². The second kappa shape index (κ2) is 4.77. The SMILES string of the molecule is CCNCc1ncoc1C1CCC(C)O1. The van der Waals surface area contributed by atoms with Gasteiger partial charge in [-0.3, -0.25) is 0 Å². The zero-order valence-electron chi connectivity index (χ0n) is 9.32. The van der Waals surface area contributed by atoms with Crippen molar-refractivity contribution < 1.29 is 9.15 Å². The molecular weight excluding hydrogens is 192 g/mol. The molecule has 4 nitrogen and oxygen atoms in total. The van der Waals surface area contributed by atoms with E-state index in [0.717, 1.165) is 37.4 Å². The van der Waals surface area contributed by atoms with Gasteiger partial charge in [0, 0.05) is 6.54 Å². The molecule has 0 amide bonds. The molecule has 15 heavy (non-hydrogen) atoms. The number of hydrogen-bond acceptors (Lipinski definition) is 4. The molecule has 0 saturated carbocycles. The maximum atomic E-state index is 5.76. The summed E-state index contributed by atoms with van der Waals surface area (Å²) in [4.78, 5) is 4.21. The Kier molecular flexibility index (Phi) is 3.38. The van der Waals surface area contributed by atoms with Crippen LogP contribution in [0.1, 0.15) is 44.2 Å². The lowest BCUT2D eigenvalue weighted by molar-refractivity contribution is 0.0417. The van der Waals surface area contributed by atoms with E-state index in [1.807, 2.05) is 0 Å². The van der Waals surface area contributed by atoms with Gasteiger partial charge in [0.15, 0.2) is 12.2 Å². The number of hydrogen-bond donors (Lipinski definition) is 1. The van der Waals surface area contributed by atoms with Crippen LogP contribution in [-0.2, 0) is 11.3 Å². The van der Waals surface area contributed by atoms with Crippen LogP contribution in [0, 0.1) is 0 Å². The smallest absolute Gasteiger partial charge is 0.181 e. The summed E-state index contributed by atoms with van der Waals surface area (Å²) in [7, 11) is 0. The third-order valence-electron chi connectivity index (χ3n) is 2.74. The molecule has 2 heterocycles. The largest absolute Gasteiger partial charge is 0.445 e. The van der Waals surface area contributed by atoms with E-state index in [1.54, 1.807) is 0 Å². The lowest BCUT2D eigenvalue weighted by Gasteiger charge is -2.09. The molecule has 2 atom stereocenters. The van der Waals surface area contributed by atoms with Crippen LogP contribution in [0.2, 0.25) is 0 Å². The Bertz CT molecular complexity index is 311. The van der Waals surface area contributed by atoms with Gasteiger partial charge in [0.25, 0.3) is 0 Å². The molecule has 4 heteroatoms. The Morgan fingerprint density at radius 3 is 3.07 bits per heavy atom. The van der Waals surface area contributed by atoms with E-state index in [-0.39, 0.29) is 6.10 Å². The first-order valence-corrected chi connectivity index (χ1v) is 5.59. The van der Waals surface area contributed by atoms with Crippen molar-refractivity contribution in [3.05, 3.63) is 17.8 Å². The van der Waals surface area contributed by atoms with Gasteiger partial charge in [-0.05, 0) is 26.3 Å². The van der Waals surface area contributed by atoms with E-state index in [1.165, 1.54) is 6.39 Å². The number of ether oxygens (including phenoxy) is 1. The van der Waals surface area contributed by atoms with Crippen LogP contribution in [0.5, 0.6) is 0 Å². The number of nitrogens with zero attached hydrogens (tertiary/aromatic N) is 1. The second-order valence-corrected chi connectivity index (χ2v) is 3.96. The van der Waals surface area contributed by atoms with Gasteiger partial charge in [0.05, 0.1) is 11.8 Å². The summed E-state index contributed by atoms with van der Waals surface area (Å²) < 4.78 is 11.2. The average molecular weight is 210 g/mol. The third-order valence-corrected chi connectivity index (χ3v) is 2.74. The molecule has 1 aliphatic heterocycles. The molecule has 0 radical (unpaired) electrons. The minimum Gasteiger partial charge on any atom is -0.445 e. The monoisotopic (exact) mass is 210 g/mol. The van der Waals surface area contributed by atoms with Gasteiger partial charge >= 0.3 is 0 Å². The summed E-state index contributed by atoms with van der Waals surface area (Å²) in [6.07, 6.45) is 4.10. The summed E-state index contributed by atoms with van der Waals surface area (Å²) in [5.74, 6) is 0.903. The molecule has 0 aromatic carbocycles. The first-order chi connectivity index (χ1) is 7.31. The van der Waals surface area contributed by atoms with Crippen molar-refractivity contribution in [3.63, 3.8) is 0 Å². The molecule has 1 saturated heterocycles. The summed E-state index contributed by atoms with van der Waals surface area (Å²) in [6, 6.07) is 0. The molecule has 0 aliphatic carbocycles. The zero-order valence-corrected chi connectivity index (χ0v) is 9.32. The zero-order chi connectivity index (χ0) is 10.7. The fourth-order valence-corrected chi connectivity index (χ4v) is 1.91. The standard InChI is InChI=1S/C11H18N2O2/c1-3-12-6-9-11(14-7-13-9)10-5-4-8(2)15-10/h7-8,10,12H,3-6H2,1-2H3. The van der Waals surface area contributed by atoms with Crippen molar-refractivity contribution in [2.75, 3.05) is 6.54 Å². The predicted molar refractivity (Wildman–Crippen MR) is 56.4 cm³/mol. The third kappa shape index (κ3) is 2.38. The molecule has 2 unspecified atom stereocenters. The van der Waals surface area contributed by atoms with Crippen LogP contribution in [0.4, 0.5) is 0 Å². The predicted octanol–water partition coefficient (Wildman–Crippen LogP) is 2.02. The molecule has 0 spiro atoms. The maximum Gasteiger partial charge on any atom is 0.181 e. The van der Waals surface area contributed by atoms with Crippen molar-refractivity contribution in [3.8, 4) is 0 Å². The van der Waals surface area contributed by atoms with Gasteiger partial charge in [0.2, 0.25) is 0 Å². The normalized spacial score (nSPS) is 26.0. The molecule has 1 fully saturated rings. The Labute approximate surface area is 90.0 Å². The van der Waals surface area contributed by atoms with Crippen LogP contribution in [0.25, 0.3) is 0 Å². The second-order valence-electron chi connectivity index (χ2n) is 3.96. The first-order valence-electron chi connectivity index (χ1n) is 5.59. The molecule has 1 N–H and O–H groups in total. The highest BCUT2D eigenvalue weighted by atomic mass is 16.5. The number of aromatic nitrogens is 1. The van der Waals surface area contributed by atoms with Crippen LogP contribution >= 0.6 is 0 Å². The van der Waals surface area contributed by atoms with Gasteiger partial charge in [-0.25, -0.2) is 4.98 Å². The molecule has 1 aromatic rings. The Morgan fingerprint density at radius 1 is 1.53 bits per heavy atom. The summed E-state index contributed by atoms with van der Waals surface area (Å²) in [5.41, 5.74) is 0.982. The topological polar surface area (TPSA) is 47.3 Å². The van der Waals surface area contributed by atoms with Gasteiger partial charge in [-0.15, -0.1) is 0 Å². The Hall–Kier alpha value is -0.870. The van der Waals surface area contributed by atoms with E-state index < -0.39 is 0 Å². The van der Waals surface area contributed by atoms with Gasteiger partial charge in [0.1, 0.15) is 6.10 Å². The van der Waals surface area contributed by atoms with Crippen molar-refractivity contribution in [1.82, 2.24) is 10.3 Å². The molecule has 1 aromatic heterocycles. The van der Waals surface area contributed by atoms with Crippen LogP contribution in [0.3, 0.4) is 0 Å². The lowest BCUT2D eigenvalue weighted by Crippen LogP contribution is -2.14. The van der Waals surface area contributed by atoms with Crippen molar-refractivity contribution in [2.45, 2.75) is 45.4 Å². The highest BCUT2D eigenvalue weighted by Gasteiger charge is 2.28. The van der Waals surface area contributed by atoms with Gasteiger partial charge in [-0.1, -0.05) is 6.92 Å². The summed E-state index contributed by atoms with van der Waals surface area (Å²) in [6.45, 7) is 5.87. The van der Waals surface area contributed by atoms with Crippen molar-refractivity contribution in [1.29, 1.82) is 0 Å². The minimum absolute atomic E-state index is 0.108. The first kappa shape index (κ1) is 10.6. The quantitative estimate of drug-likeness (QED) is 0.826. The van der Waals surface area contributed by atoms with Gasteiger partial charge < -0.3 is 14.5 Å². The summed E-state index contributed by atoms with van der Waals surface area (Å²) >= 11 is 0. The van der Waals surface area contributed by atoms with Crippen molar-refractivity contribution in [2.24, 2.45) is 0 Å². The highest BCUT2D eigenvalue weighted by Crippen LogP contribution is 2.33. The maximum absolute atomic E-state index is 5.76. The fourth-order valence-electron chi connectivity index (χ4n) is 1.91. The van der Waals surface area contributed by atoms with Crippen molar-refractivity contribution >= 4 is 0 Å². The van der Waals surface area contributed by atoms with E-state index in [0.29, 0.717) is 6.10 Å². The molecule has 0 bridgehead atoms. The Morgan fingerprint density at radius 2 is 2.40 bits per heavy atom. The van der Waals surface area contributed by atoms with Crippen LogP contribution in [0.15, 0.2) is 10.8 Å². The van der Waals surface area contributed by atoms with Gasteiger partial charge in [-0.2, -0.15) is 0 Å². The average Bonchev–Trinajstić information content (AvgIpc) is 2.82. The van der Waals surface area contributed by atoms with E-state index in [4.69, 9.17) is 9.15 Å². The molecular formula is C11H18N2O2. The van der Waals surface area contributed by atoms with Crippen LogP contribution < -0.4 is 5.32 Å². The van der Waals surface area contributed by atoms with E-state index in [9.17, 15) is 0 Å². The minimum atomic E-state index is 0.108. The van der Waals surface area contributed by atoms with Crippen LogP contribution in [-0.4, -0.2) is 17.6 Å².